The number of halogens is 1. The number of piperazine rings is 1. The van der Waals surface area contributed by atoms with Gasteiger partial charge in [-0.15, -0.1) is 0 Å². The average molecular weight is 286 g/mol. The van der Waals surface area contributed by atoms with Crippen molar-refractivity contribution in [3.8, 4) is 0 Å². The number of rotatable bonds is 4. The molecule has 0 aliphatic carbocycles. The lowest BCUT2D eigenvalue weighted by Crippen LogP contribution is -2.46. The lowest BCUT2D eigenvalue weighted by Gasteiger charge is -2.35. The van der Waals surface area contributed by atoms with Crippen LogP contribution in [-0.2, 0) is 13.2 Å². The number of nitrogens with zero attached hydrogens (tertiary/aromatic N) is 4. The lowest BCUT2D eigenvalue weighted by molar-refractivity contribution is 0.249. The largest absolute Gasteiger partial charge is 0.354 e. The zero-order valence-corrected chi connectivity index (χ0v) is 12.0. The molecule has 5 heteroatoms. The monoisotopic (exact) mass is 286 g/mol. The number of benzene rings is 1. The van der Waals surface area contributed by atoms with Gasteiger partial charge in [-0.25, -0.2) is 14.4 Å². The Morgan fingerprint density at radius 1 is 1.00 bits per heavy atom. The molecule has 0 saturated carbocycles. The maximum atomic E-state index is 12.7. The maximum Gasteiger partial charge on any atom is 0.132 e. The fourth-order valence-corrected chi connectivity index (χ4v) is 2.61. The van der Waals surface area contributed by atoms with Crippen LogP contribution < -0.4 is 4.90 Å². The van der Waals surface area contributed by atoms with Crippen molar-refractivity contribution in [2.45, 2.75) is 13.2 Å². The first-order valence-electron chi connectivity index (χ1n) is 7.23. The Balaban J connectivity index is 1.57. The highest BCUT2D eigenvalue weighted by atomic mass is 19.1. The van der Waals surface area contributed by atoms with Crippen LogP contribution in [0, 0.1) is 0 Å². The molecule has 0 spiro atoms. The summed E-state index contributed by atoms with van der Waals surface area (Å²) in [6, 6.07) is 12.2. The summed E-state index contributed by atoms with van der Waals surface area (Å²) in [5, 5.41) is 0. The summed E-state index contributed by atoms with van der Waals surface area (Å²) in [6.07, 6.45) is 1.45. The molecule has 1 aromatic heterocycles. The van der Waals surface area contributed by atoms with Gasteiger partial charge in [-0.1, -0.05) is 30.3 Å². The summed E-state index contributed by atoms with van der Waals surface area (Å²) in [4.78, 5) is 12.8. The Bertz CT molecular complexity index is 567. The van der Waals surface area contributed by atoms with Crippen molar-refractivity contribution in [3.63, 3.8) is 0 Å². The topological polar surface area (TPSA) is 32.3 Å². The fourth-order valence-electron chi connectivity index (χ4n) is 2.61. The van der Waals surface area contributed by atoms with Gasteiger partial charge in [0.25, 0.3) is 0 Å². The minimum absolute atomic E-state index is 0.451. The van der Waals surface area contributed by atoms with Crippen molar-refractivity contribution < 1.29 is 4.39 Å². The highest BCUT2D eigenvalue weighted by molar-refractivity contribution is 5.39. The van der Waals surface area contributed by atoms with Gasteiger partial charge < -0.3 is 4.90 Å². The second-order valence-corrected chi connectivity index (χ2v) is 5.25. The van der Waals surface area contributed by atoms with E-state index < -0.39 is 6.67 Å². The molecule has 1 aliphatic heterocycles. The first-order valence-corrected chi connectivity index (χ1v) is 7.23. The van der Waals surface area contributed by atoms with Crippen LogP contribution in [0.25, 0.3) is 0 Å². The van der Waals surface area contributed by atoms with E-state index in [1.807, 2.05) is 6.07 Å². The Morgan fingerprint density at radius 2 is 1.76 bits per heavy atom. The zero-order chi connectivity index (χ0) is 14.5. The van der Waals surface area contributed by atoms with Gasteiger partial charge >= 0.3 is 0 Å². The Hall–Kier alpha value is -2.01. The third-order valence-corrected chi connectivity index (χ3v) is 3.79. The summed E-state index contributed by atoms with van der Waals surface area (Å²) in [7, 11) is 0. The normalized spacial score (nSPS) is 16.1. The molecular weight excluding hydrogens is 267 g/mol. The fraction of sp³-hybridized carbons (Fsp3) is 0.375. The molecule has 0 atom stereocenters. The Kier molecular flexibility index (Phi) is 4.40. The summed E-state index contributed by atoms with van der Waals surface area (Å²) in [6.45, 7) is 4.25. The van der Waals surface area contributed by atoms with Crippen molar-refractivity contribution in [2.24, 2.45) is 0 Å². The van der Waals surface area contributed by atoms with Crippen LogP contribution in [0.5, 0.6) is 0 Å². The van der Waals surface area contributed by atoms with Crippen molar-refractivity contribution in [1.82, 2.24) is 14.9 Å². The molecule has 0 N–H and O–H groups in total. The second-order valence-electron chi connectivity index (χ2n) is 5.25. The molecular formula is C16H19FN4. The number of hydrogen-bond donors (Lipinski definition) is 0. The van der Waals surface area contributed by atoms with Gasteiger partial charge in [0.15, 0.2) is 0 Å². The molecule has 2 heterocycles. The van der Waals surface area contributed by atoms with Gasteiger partial charge in [-0.2, -0.15) is 0 Å². The van der Waals surface area contributed by atoms with E-state index in [2.05, 4.69) is 44.0 Å². The van der Waals surface area contributed by atoms with Crippen molar-refractivity contribution in [3.05, 3.63) is 54.0 Å². The summed E-state index contributed by atoms with van der Waals surface area (Å²) >= 11 is 0. The molecule has 1 saturated heterocycles. The van der Waals surface area contributed by atoms with E-state index in [0.29, 0.717) is 5.69 Å². The molecule has 0 radical (unpaired) electrons. The number of hydrogen-bond acceptors (Lipinski definition) is 4. The number of aromatic nitrogens is 2. The highest BCUT2D eigenvalue weighted by Crippen LogP contribution is 2.15. The molecule has 2 aromatic rings. The molecule has 3 rings (SSSR count). The van der Waals surface area contributed by atoms with E-state index in [1.165, 1.54) is 11.9 Å². The lowest BCUT2D eigenvalue weighted by atomic mass is 10.2. The van der Waals surface area contributed by atoms with E-state index in [4.69, 9.17) is 0 Å². The molecule has 4 nitrogen and oxygen atoms in total. The van der Waals surface area contributed by atoms with E-state index in [9.17, 15) is 4.39 Å². The molecule has 0 bridgehead atoms. The van der Waals surface area contributed by atoms with Crippen molar-refractivity contribution in [2.75, 3.05) is 31.1 Å². The highest BCUT2D eigenvalue weighted by Gasteiger charge is 2.18. The SMILES string of the molecule is FCc1cc(N2CCN(Cc3ccccc3)CC2)ncn1. The molecule has 0 unspecified atom stereocenters. The summed E-state index contributed by atoms with van der Waals surface area (Å²) < 4.78 is 12.7. The quantitative estimate of drug-likeness (QED) is 0.863. The Morgan fingerprint density at radius 3 is 2.48 bits per heavy atom. The molecule has 110 valence electrons. The number of anilines is 1. The third kappa shape index (κ3) is 3.55. The van der Waals surface area contributed by atoms with Crippen molar-refractivity contribution in [1.29, 1.82) is 0 Å². The van der Waals surface area contributed by atoms with Crippen LogP contribution in [0.1, 0.15) is 11.3 Å². The Labute approximate surface area is 124 Å². The molecule has 1 aliphatic rings. The van der Waals surface area contributed by atoms with Crippen LogP contribution in [0.3, 0.4) is 0 Å². The van der Waals surface area contributed by atoms with Crippen LogP contribution in [0.4, 0.5) is 10.2 Å². The van der Waals surface area contributed by atoms with Gasteiger partial charge in [0.2, 0.25) is 0 Å². The van der Waals surface area contributed by atoms with E-state index in [1.54, 1.807) is 6.07 Å². The summed E-state index contributed by atoms with van der Waals surface area (Å²) in [5.74, 6) is 0.831. The van der Waals surface area contributed by atoms with Gasteiger partial charge in [0, 0.05) is 38.8 Å². The van der Waals surface area contributed by atoms with E-state index >= 15 is 0 Å². The molecule has 21 heavy (non-hydrogen) atoms. The van der Waals surface area contributed by atoms with Crippen LogP contribution >= 0.6 is 0 Å². The minimum Gasteiger partial charge on any atom is -0.354 e. The number of alkyl halides is 1. The standard InChI is InChI=1S/C16H19FN4/c17-11-15-10-16(19-13-18-15)21-8-6-20(7-9-21)12-14-4-2-1-3-5-14/h1-5,10,13H,6-9,11-12H2. The van der Waals surface area contributed by atoms with Crippen LogP contribution in [0.15, 0.2) is 42.7 Å². The van der Waals surface area contributed by atoms with E-state index in [-0.39, 0.29) is 0 Å². The van der Waals surface area contributed by atoms with E-state index in [0.717, 1.165) is 38.5 Å². The first kappa shape index (κ1) is 13.9. The van der Waals surface area contributed by atoms with Crippen LogP contribution in [-0.4, -0.2) is 41.0 Å². The second kappa shape index (κ2) is 6.63. The molecule has 1 aromatic carbocycles. The molecule has 1 fully saturated rings. The minimum atomic E-state index is -0.538. The average Bonchev–Trinajstić information content (AvgIpc) is 2.56. The molecule has 0 amide bonds. The van der Waals surface area contributed by atoms with Crippen molar-refractivity contribution >= 4 is 5.82 Å². The smallest absolute Gasteiger partial charge is 0.132 e. The predicted octanol–water partition coefficient (Wildman–Crippen LogP) is 2.27. The van der Waals surface area contributed by atoms with Gasteiger partial charge in [0.1, 0.15) is 18.8 Å². The zero-order valence-electron chi connectivity index (χ0n) is 12.0. The maximum absolute atomic E-state index is 12.7. The van der Waals surface area contributed by atoms with Crippen LogP contribution in [0.2, 0.25) is 0 Å². The van der Waals surface area contributed by atoms with Gasteiger partial charge in [0.05, 0.1) is 5.69 Å². The first-order chi connectivity index (χ1) is 10.3. The predicted molar refractivity (Wildman–Crippen MR) is 80.8 cm³/mol. The van der Waals surface area contributed by atoms with Gasteiger partial charge in [-0.05, 0) is 5.56 Å². The summed E-state index contributed by atoms with van der Waals surface area (Å²) in [5.41, 5.74) is 1.79. The third-order valence-electron chi connectivity index (χ3n) is 3.79. The van der Waals surface area contributed by atoms with Gasteiger partial charge in [-0.3, -0.25) is 4.90 Å².